The summed E-state index contributed by atoms with van der Waals surface area (Å²) < 4.78 is 0. The molecule has 37 heavy (non-hydrogen) atoms. The Morgan fingerprint density at radius 2 is 1.57 bits per heavy atom. The Morgan fingerprint density at radius 1 is 0.865 bits per heavy atom. The van der Waals surface area contributed by atoms with E-state index in [4.69, 9.17) is 0 Å². The molecular weight excluding hydrogens is 474 g/mol. The molecule has 4 rings (SSSR count). The topological polar surface area (TPSA) is 137 Å². The zero-order valence-corrected chi connectivity index (χ0v) is 22.4. The first-order valence-corrected chi connectivity index (χ1v) is 14.0. The maximum Gasteiger partial charge on any atom is 0.315 e. The quantitative estimate of drug-likeness (QED) is 0.309. The average Bonchev–Trinajstić information content (AvgIpc) is 3.74. The van der Waals surface area contributed by atoms with Gasteiger partial charge in [-0.3, -0.25) is 19.2 Å². The van der Waals surface area contributed by atoms with E-state index in [9.17, 15) is 24.0 Å². The highest BCUT2D eigenvalue weighted by molar-refractivity contribution is 6.38. The predicted molar refractivity (Wildman–Crippen MR) is 137 cm³/mol. The lowest BCUT2D eigenvalue weighted by Gasteiger charge is -2.36. The summed E-state index contributed by atoms with van der Waals surface area (Å²) in [5.41, 5.74) is -0.568. The van der Waals surface area contributed by atoms with Crippen LogP contribution in [-0.2, 0) is 19.2 Å². The summed E-state index contributed by atoms with van der Waals surface area (Å²) in [6, 6.07) is -2.76. The minimum Gasteiger partial charge on any atom is -0.347 e. The highest BCUT2D eigenvalue weighted by Gasteiger charge is 2.43. The van der Waals surface area contributed by atoms with Gasteiger partial charge in [0.1, 0.15) is 12.1 Å². The number of likely N-dealkylation sites (tertiary alicyclic amines) is 1. The van der Waals surface area contributed by atoms with Crippen LogP contribution >= 0.6 is 0 Å². The second-order valence-corrected chi connectivity index (χ2v) is 12.5. The molecule has 0 aromatic rings. The van der Waals surface area contributed by atoms with Gasteiger partial charge in [0.15, 0.2) is 0 Å². The van der Waals surface area contributed by atoms with Crippen LogP contribution in [0.2, 0.25) is 0 Å². The van der Waals surface area contributed by atoms with Crippen molar-refractivity contribution in [2.45, 2.75) is 109 Å². The smallest absolute Gasteiger partial charge is 0.315 e. The standard InChI is InChI=1S/C27H43N5O5/c1-27(2,3)22(31-26(37)28-15-17-9-10-17)25(36)32-13-5-8-20(32)23(34)30-19(14-16-6-4-7-16)21(33)24(35)29-18-11-12-18/h16-20,22H,4-15H2,1-3H3,(H,29,35)(H,30,34)(H2,28,31,37)/t19-,20?,22+/m0/s1. The van der Waals surface area contributed by atoms with Crippen molar-refractivity contribution in [2.75, 3.05) is 13.1 Å². The van der Waals surface area contributed by atoms with Crippen LogP contribution < -0.4 is 21.3 Å². The number of rotatable bonds is 11. The van der Waals surface area contributed by atoms with Gasteiger partial charge in [-0.25, -0.2) is 4.79 Å². The molecule has 4 N–H and O–H groups in total. The van der Waals surface area contributed by atoms with Gasteiger partial charge in [-0.15, -0.1) is 0 Å². The maximum atomic E-state index is 13.7. The third-order valence-electron chi connectivity index (χ3n) is 8.04. The van der Waals surface area contributed by atoms with Crippen molar-refractivity contribution in [3.8, 4) is 0 Å². The molecule has 0 aromatic heterocycles. The number of carbonyl (C=O) groups is 5. The first kappa shape index (κ1) is 27.4. The van der Waals surface area contributed by atoms with Crippen LogP contribution in [0.25, 0.3) is 0 Å². The fourth-order valence-electron chi connectivity index (χ4n) is 5.06. The summed E-state index contributed by atoms with van der Waals surface area (Å²) >= 11 is 0. The van der Waals surface area contributed by atoms with Crippen molar-refractivity contribution in [3.05, 3.63) is 0 Å². The third-order valence-corrected chi connectivity index (χ3v) is 8.04. The van der Waals surface area contributed by atoms with Gasteiger partial charge in [0.25, 0.3) is 5.91 Å². The number of ketones is 1. The number of Topliss-reactive ketones (excluding diaryl/α,β-unsaturated/α-hetero) is 1. The van der Waals surface area contributed by atoms with Crippen LogP contribution in [0.4, 0.5) is 4.79 Å². The molecule has 0 bridgehead atoms. The van der Waals surface area contributed by atoms with Crippen LogP contribution in [0.5, 0.6) is 0 Å². The Bertz CT molecular complexity index is 903. The van der Waals surface area contributed by atoms with E-state index in [0.717, 1.165) is 44.9 Å². The van der Waals surface area contributed by atoms with Crippen molar-refractivity contribution >= 4 is 29.5 Å². The SMILES string of the molecule is CC(C)(C)[C@H](NC(=O)NCC1CC1)C(=O)N1CCCC1C(=O)N[C@@H](CC1CCC1)C(=O)C(=O)NC1CC1. The van der Waals surface area contributed by atoms with Gasteiger partial charge in [-0.2, -0.15) is 0 Å². The molecule has 0 radical (unpaired) electrons. The Labute approximate surface area is 219 Å². The highest BCUT2D eigenvalue weighted by atomic mass is 16.2. The van der Waals surface area contributed by atoms with Crippen LogP contribution in [0.15, 0.2) is 0 Å². The molecule has 4 fully saturated rings. The molecule has 3 atom stereocenters. The van der Waals surface area contributed by atoms with Crippen molar-refractivity contribution < 1.29 is 24.0 Å². The molecule has 3 saturated carbocycles. The Kier molecular flexibility index (Phi) is 8.43. The molecule has 4 aliphatic rings. The van der Waals surface area contributed by atoms with E-state index in [1.165, 1.54) is 4.90 Å². The van der Waals surface area contributed by atoms with Crippen molar-refractivity contribution in [1.82, 2.24) is 26.2 Å². The number of hydrogen-bond donors (Lipinski definition) is 4. The van der Waals surface area contributed by atoms with E-state index in [1.54, 1.807) is 0 Å². The largest absolute Gasteiger partial charge is 0.347 e. The number of carbonyl (C=O) groups excluding carboxylic acids is 5. The Balaban J connectivity index is 1.40. The summed E-state index contributed by atoms with van der Waals surface area (Å²) in [5, 5.41) is 11.2. The fraction of sp³-hybridized carbons (Fsp3) is 0.815. The summed E-state index contributed by atoms with van der Waals surface area (Å²) in [6.45, 7) is 6.64. The zero-order valence-electron chi connectivity index (χ0n) is 22.4. The lowest BCUT2D eigenvalue weighted by Crippen LogP contribution is -2.60. The number of nitrogens with zero attached hydrogens (tertiary/aromatic N) is 1. The third kappa shape index (κ3) is 7.45. The molecule has 0 aromatic carbocycles. The zero-order chi connectivity index (χ0) is 26.7. The molecule has 206 valence electrons. The minimum absolute atomic E-state index is 0.0581. The molecular formula is C27H43N5O5. The second kappa shape index (κ2) is 11.4. The first-order chi connectivity index (χ1) is 17.5. The number of hydrogen-bond acceptors (Lipinski definition) is 5. The van der Waals surface area contributed by atoms with Crippen molar-refractivity contribution in [3.63, 3.8) is 0 Å². The van der Waals surface area contributed by atoms with E-state index >= 15 is 0 Å². The van der Waals surface area contributed by atoms with Gasteiger partial charge in [-0.05, 0) is 62.2 Å². The highest BCUT2D eigenvalue weighted by Crippen LogP contribution is 2.31. The van der Waals surface area contributed by atoms with E-state index in [-0.39, 0.29) is 18.0 Å². The molecule has 10 nitrogen and oxygen atoms in total. The monoisotopic (exact) mass is 517 g/mol. The van der Waals surface area contributed by atoms with Gasteiger partial charge in [0, 0.05) is 19.1 Å². The van der Waals surface area contributed by atoms with Crippen molar-refractivity contribution in [2.24, 2.45) is 17.3 Å². The van der Waals surface area contributed by atoms with Gasteiger partial charge >= 0.3 is 6.03 Å². The average molecular weight is 518 g/mol. The van der Waals surface area contributed by atoms with Gasteiger partial charge in [-0.1, -0.05) is 40.0 Å². The summed E-state index contributed by atoms with van der Waals surface area (Å²) in [4.78, 5) is 66.6. The molecule has 0 spiro atoms. The van der Waals surface area contributed by atoms with Gasteiger partial charge in [0.2, 0.25) is 17.6 Å². The molecule has 10 heteroatoms. The molecule has 1 saturated heterocycles. The summed E-state index contributed by atoms with van der Waals surface area (Å²) in [6.07, 6.45) is 8.60. The lowest BCUT2D eigenvalue weighted by molar-refractivity contribution is -0.144. The summed E-state index contributed by atoms with van der Waals surface area (Å²) in [7, 11) is 0. The van der Waals surface area contributed by atoms with E-state index < -0.39 is 41.1 Å². The molecule has 1 aliphatic heterocycles. The number of urea groups is 1. The maximum absolute atomic E-state index is 13.7. The Morgan fingerprint density at radius 3 is 2.14 bits per heavy atom. The molecule has 1 heterocycles. The minimum atomic E-state index is -0.890. The van der Waals surface area contributed by atoms with E-state index in [0.29, 0.717) is 44.2 Å². The lowest BCUT2D eigenvalue weighted by atomic mass is 9.80. The van der Waals surface area contributed by atoms with Crippen LogP contribution in [0, 0.1) is 17.3 Å². The molecule has 3 aliphatic carbocycles. The van der Waals surface area contributed by atoms with E-state index in [1.807, 2.05) is 20.8 Å². The number of nitrogens with one attached hydrogen (secondary N) is 4. The fourth-order valence-corrected chi connectivity index (χ4v) is 5.06. The first-order valence-electron chi connectivity index (χ1n) is 14.0. The number of amides is 5. The normalized spacial score (nSPS) is 23.4. The Hall–Kier alpha value is -2.65. The van der Waals surface area contributed by atoms with Gasteiger partial charge < -0.3 is 26.2 Å². The second-order valence-electron chi connectivity index (χ2n) is 12.5. The van der Waals surface area contributed by atoms with Gasteiger partial charge in [0.05, 0.1) is 6.04 Å². The van der Waals surface area contributed by atoms with Crippen LogP contribution in [-0.4, -0.2) is 71.7 Å². The molecule has 1 unspecified atom stereocenters. The van der Waals surface area contributed by atoms with Crippen LogP contribution in [0.3, 0.4) is 0 Å². The van der Waals surface area contributed by atoms with Crippen molar-refractivity contribution in [1.29, 1.82) is 0 Å². The van der Waals surface area contributed by atoms with Crippen LogP contribution in [0.1, 0.15) is 85.0 Å². The molecule has 5 amide bonds. The van der Waals surface area contributed by atoms with E-state index in [2.05, 4.69) is 21.3 Å². The summed E-state index contributed by atoms with van der Waals surface area (Å²) in [5.74, 6) is -1.13. The predicted octanol–water partition coefficient (Wildman–Crippen LogP) is 1.62.